The number of nitrogens with one attached hydrogen (secondary N) is 1. The minimum atomic E-state index is 0.220. The molecule has 1 unspecified atom stereocenters. The Morgan fingerprint density at radius 1 is 1.09 bits per heavy atom. The Morgan fingerprint density at radius 2 is 1.91 bits per heavy atom. The first-order valence-electron chi connectivity index (χ1n) is 11.5. The van der Waals surface area contributed by atoms with Gasteiger partial charge in [-0.1, -0.05) is 42.5 Å². The molecular formula is C26H28BrN5O. The molecule has 0 amide bonds. The zero-order valence-corrected chi connectivity index (χ0v) is 20.1. The van der Waals surface area contributed by atoms with Crippen LogP contribution < -0.4 is 5.32 Å². The molecule has 170 valence electrons. The number of anilines is 1. The molecular weight excluding hydrogens is 478 g/mol. The molecule has 1 aliphatic rings. The van der Waals surface area contributed by atoms with Crippen LogP contribution in [0.15, 0.2) is 71.3 Å². The smallest absolute Gasteiger partial charge is 0.172 e. The van der Waals surface area contributed by atoms with E-state index in [2.05, 4.69) is 61.6 Å². The van der Waals surface area contributed by atoms with Crippen LogP contribution in [0.2, 0.25) is 0 Å². The highest BCUT2D eigenvalue weighted by molar-refractivity contribution is 9.10. The van der Waals surface area contributed by atoms with E-state index in [1.807, 2.05) is 28.8 Å². The van der Waals surface area contributed by atoms with Crippen LogP contribution in [0.25, 0.3) is 16.9 Å². The minimum Gasteiger partial charge on any atom is -0.507 e. The lowest BCUT2D eigenvalue weighted by Gasteiger charge is -2.33. The number of aromatic nitrogens is 3. The number of halogens is 1. The van der Waals surface area contributed by atoms with Gasteiger partial charge in [0, 0.05) is 31.3 Å². The maximum absolute atomic E-state index is 10.3. The highest BCUT2D eigenvalue weighted by atomic mass is 79.9. The van der Waals surface area contributed by atoms with Crippen molar-refractivity contribution in [2.75, 3.05) is 31.5 Å². The molecule has 1 aliphatic heterocycles. The molecule has 0 radical (unpaired) electrons. The standard InChI is InChI=1S/C26H28BrN5O/c27-22-17-29-32-25(15-23(30-26(22)32)21-10-4-5-11-24(21)33)28-16-20-9-6-13-31(18-20)14-12-19-7-2-1-3-8-19/h1-5,7-8,10-11,15,17,20,28,33H,6,9,12-14,16,18H2. The molecule has 3 heterocycles. The number of benzene rings is 2. The number of nitrogens with zero attached hydrogens (tertiary/aromatic N) is 4. The lowest BCUT2D eigenvalue weighted by atomic mass is 9.97. The number of likely N-dealkylation sites (tertiary alicyclic amines) is 1. The average Bonchev–Trinajstić information content (AvgIpc) is 3.23. The molecule has 0 bridgehead atoms. The molecule has 0 aliphatic carbocycles. The molecule has 1 fully saturated rings. The summed E-state index contributed by atoms with van der Waals surface area (Å²) in [4.78, 5) is 7.32. The topological polar surface area (TPSA) is 65.7 Å². The quantitative estimate of drug-likeness (QED) is 0.359. The van der Waals surface area contributed by atoms with E-state index in [4.69, 9.17) is 4.98 Å². The van der Waals surface area contributed by atoms with Crippen molar-refractivity contribution in [3.05, 3.63) is 76.9 Å². The molecule has 2 N–H and O–H groups in total. The van der Waals surface area contributed by atoms with Crippen LogP contribution in [0.3, 0.4) is 0 Å². The monoisotopic (exact) mass is 505 g/mol. The van der Waals surface area contributed by atoms with Crippen molar-refractivity contribution in [2.24, 2.45) is 5.92 Å². The van der Waals surface area contributed by atoms with Crippen molar-refractivity contribution >= 4 is 27.4 Å². The van der Waals surface area contributed by atoms with Crippen molar-refractivity contribution in [2.45, 2.75) is 19.3 Å². The molecule has 2 aromatic carbocycles. The largest absolute Gasteiger partial charge is 0.507 e. The van der Waals surface area contributed by atoms with Crippen LogP contribution in [-0.4, -0.2) is 50.8 Å². The summed E-state index contributed by atoms with van der Waals surface area (Å²) < 4.78 is 2.65. The van der Waals surface area contributed by atoms with Crippen LogP contribution in [0.5, 0.6) is 5.75 Å². The molecule has 1 saturated heterocycles. The van der Waals surface area contributed by atoms with Gasteiger partial charge in [0.2, 0.25) is 0 Å². The van der Waals surface area contributed by atoms with E-state index in [9.17, 15) is 5.11 Å². The SMILES string of the molecule is Oc1ccccc1-c1cc(NCC2CCCN(CCc3ccccc3)C2)n2ncc(Br)c2n1. The zero-order valence-electron chi connectivity index (χ0n) is 18.5. The number of hydrogen-bond acceptors (Lipinski definition) is 5. The zero-order chi connectivity index (χ0) is 22.6. The third kappa shape index (κ3) is 5.04. The Balaban J connectivity index is 1.29. The van der Waals surface area contributed by atoms with E-state index in [0.29, 0.717) is 11.5 Å². The molecule has 4 aromatic rings. The molecule has 7 heteroatoms. The Labute approximate surface area is 202 Å². The first-order valence-corrected chi connectivity index (χ1v) is 12.3. The van der Waals surface area contributed by atoms with Crippen molar-refractivity contribution in [1.29, 1.82) is 0 Å². The normalized spacial score (nSPS) is 16.8. The summed E-state index contributed by atoms with van der Waals surface area (Å²) in [5, 5.41) is 18.5. The van der Waals surface area contributed by atoms with Crippen molar-refractivity contribution in [1.82, 2.24) is 19.5 Å². The maximum Gasteiger partial charge on any atom is 0.172 e. The first-order chi connectivity index (χ1) is 16.2. The number of fused-ring (bicyclic) bond motifs is 1. The van der Waals surface area contributed by atoms with Crippen molar-refractivity contribution in [3.8, 4) is 17.0 Å². The fraction of sp³-hybridized carbons (Fsp3) is 0.308. The number of para-hydroxylation sites is 1. The lowest BCUT2D eigenvalue weighted by Crippen LogP contribution is -2.39. The van der Waals surface area contributed by atoms with Crippen LogP contribution in [-0.2, 0) is 6.42 Å². The molecule has 2 aromatic heterocycles. The summed E-state index contributed by atoms with van der Waals surface area (Å²) in [7, 11) is 0. The second kappa shape index (κ2) is 9.93. The number of aromatic hydroxyl groups is 1. The second-order valence-corrected chi connectivity index (χ2v) is 9.55. The fourth-order valence-corrected chi connectivity index (χ4v) is 4.94. The summed E-state index contributed by atoms with van der Waals surface area (Å²) >= 11 is 3.56. The number of phenols is 1. The van der Waals surface area contributed by atoms with Gasteiger partial charge in [0.05, 0.1) is 16.4 Å². The summed E-state index contributed by atoms with van der Waals surface area (Å²) in [6.45, 7) is 4.25. The molecule has 1 atom stereocenters. The second-order valence-electron chi connectivity index (χ2n) is 8.70. The summed E-state index contributed by atoms with van der Waals surface area (Å²) in [5.41, 5.74) is 3.56. The molecule has 6 nitrogen and oxygen atoms in total. The van der Waals surface area contributed by atoms with Gasteiger partial charge >= 0.3 is 0 Å². The Morgan fingerprint density at radius 3 is 2.76 bits per heavy atom. The average molecular weight is 506 g/mol. The molecule has 0 saturated carbocycles. The predicted octanol–water partition coefficient (Wildman–Crippen LogP) is 5.23. The predicted molar refractivity (Wildman–Crippen MR) is 136 cm³/mol. The third-order valence-corrected chi connectivity index (χ3v) is 6.90. The number of piperidine rings is 1. The van der Waals surface area contributed by atoms with Crippen LogP contribution in [0, 0.1) is 5.92 Å². The van der Waals surface area contributed by atoms with Crippen LogP contribution in [0.1, 0.15) is 18.4 Å². The first kappa shape index (κ1) is 21.9. The van der Waals surface area contributed by atoms with Gasteiger partial charge in [-0.15, -0.1) is 0 Å². The van der Waals surface area contributed by atoms with Gasteiger partial charge in [0.15, 0.2) is 5.65 Å². The fourth-order valence-electron chi connectivity index (χ4n) is 4.59. The lowest BCUT2D eigenvalue weighted by molar-refractivity contribution is 0.182. The van der Waals surface area contributed by atoms with E-state index >= 15 is 0 Å². The van der Waals surface area contributed by atoms with Crippen molar-refractivity contribution < 1.29 is 5.11 Å². The van der Waals surface area contributed by atoms with E-state index in [0.717, 1.165) is 47.7 Å². The van der Waals surface area contributed by atoms with Gasteiger partial charge in [0.25, 0.3) is 0 Å². The van der Waals surface area contributed by atoms with E-state index in [1.54, 1.807) is 12.3 Å². The number of rotatable bonds is 7. The minimum absolute atomic E-state index is 0.220. The third-order valence-electron chi connectivity index (χ3n) is 6.34. The molecule has 5 rings (SSSR count). The number of hydrogen-bond donors (Lipinski definition) is 2. The van der Waals surface area contributed by atoms with Crippen LogP contribution in [0.4, 0.5) is 5.82 Å². The highest BCUT2D eigenvalue weighted by Gasteiger charge is 2.20. The van der Waals surface area contributed by atoms with Gasteiger partial charge in [-0.05, 0) is 65.4 Å². The van der Waals surface area contributed by atoms with Gasteiger partial charge in [-0.3, -0.25) is 0 Å². The van der Waals surface area contributed by atoms with Gasteiger partial charge in [-0.2, -0.15) is 9.61 Å². The van der Waals surface area contributed by atoms with Crippen molar-refractivity contribution in [3.63, 3.8) is 0 Å². The van der Waals surface area contributed by atoms with Gasteiger partial charge in [-0.25, -0.2) is 4.98 Å². The summed E-state index contributed by atoms with van der Waals surface area (Å²) in [6, 6.07) is 20.0. The summed E-state index contributed by atoms with van der Waals surface area (Å²) in [6.07, 6.45) is 5.30. The molecule has 33 heavy (non-hydrogen) atoms. The highest BCUT2D eigenvalue weighted by Crippen LogP contribution is 2.31. The van der Waals surface area contributed by atoms with Crippen LogP contribution >= 0.6 is 15.9 Å². The van der Waals surface area contributed by atoms with E-state index in [1.165, 1.54) is 24.9 Å². The summed E-state index contributed by atoms with van der Waals surface area (Å²) in [5.74, 6) is 1.67. The van der Waals surface area contributed by atoms with E-state index < -0.39 is 0 Å². The molecule has 0 spiro atoms. The van der Waals surface area contributed by atoms with Gasteiger partial charge in [0.1, 0.15) is 11.6 Å². The Kier molecular flexibility index (Phi) is 6.60. The number of phenolic OH excluding ortho intramolecular Hbond substituents is 1. The maximum atomic E-state index is 10.3. The van der Waals surface area contributed by atoms with Gasteiger partial charge < -0.3 is 15.3 Å². The Hall–Kier alpha value is -2.90. The Bertz CT molecular complexity index is 1230. The van der Waals surface area contributed by atoms with E-state index in [-0.39, 0.29) is 5.75 Å².